The molecule has 2 fully saturated rings. The lowest BCUT2D eigenvalue weighted by atomic mass is 10.3. The fourth-order valence-electron chi connectivity index (χ4n) is 2.57. The molecule has 1 aliphatic heterocycles. The summed E-state index contributed by atoms with van der Waals surface area (Å²) in [5.41, 5.74) is 0. The van der Waals surface area contributed by atoms with E-state index in [9.17, 15) is 13.2 Å². The molecule has 3 rings (SSSR count). The molecule has 0 bridgehead atoms. The van der Waals surface area contributed by atoms with Gasteiger partial charge in [0.2, 0.25) is 5.91 Å². The van der Waals surface area contributed by atoms with Gasteiger partial charge in [0.05, 0.1) is 10.1 Å². The third-order valence-electron chi connectivity index (χ3n) is 3.89. The Morgan fingerprint density at radius 2 is 1.79 bits per heavy atom. The quantitative estimate of drug-likeness (QED) is 0.842. The van der Waals surface area contributed by atoms with Crippen LogP contribution in [0, 0.1) is 5.92 Å². The highest BCUT2D eigenvalue weighted by Crippen LogP contribution is 2.33. The molecule has 1 atom stereocenters. The molecule has 1 aromatic rings. The molecule has 19 heavy (non-hydrogen) atoms. The molecule has 1 aromatic carbocycles. The highest BCUT2D eigenvalue weighted by molar-refractivity contribution is 7.92. The molecule has 0 aromatic heterocycles. The van der Waals surface area contributed by atoms with Gasteiger partial charge in [0, 0.05) is 19.0 Å². The largest absolute Gasteiger partial charge is 0.341 e. The van der Waals surface area contributed by atoms with Gasteiger partial charge in [-0.2, -0.15) is 0 Å². The normalized spacial score (nSPS) is 23.6. The number of amides is 1. The van der Waals surface area contributed by atoms with Crippen molar-refractivity contribution in [3.8, 4) is 0 Å². The number of carbonyl (C=O) groups excluding carboxylic acids is 1. The summed E-state index contributed by atoms with van der Waals surface area (Å²) in [4.78, 5) is 14.0. The molecule has 1 aliphatic carbocycles. The van der Waals surface area contributed by atoms with Gasteiger partial charge in [0.15, 0.2) is 9.84 Å². The highest BCUT2D eigenvalue weighted by Gasteiger charge is 2.40. The van der Waals surface area contributed by atoms with Gasteiger partial charge in [-0.15, -0.1) is 0 Å². The van der Waals surface area contributed by atoms with E-state index in [1.165, 1.54) is 0 Å². The summed E-state index contributed by atoms with van der Waals surface area (Å²) < 4.78 is 24.9. The Labute approximate surface area is 113 Å². The maximum atomic E-state index is 12.5. The van der Waals surface area contributed by atoms with Crippen molar-refractivity contribution in [1.82, 2.24) is 4.90 Å². The minimum Gasteiger partial charge on any atom is -0.341 e. The van der Waals surface area contributed by atoms with Crippen LogP contribution >= 0.6 is 0 Å². The lowest BCUT2D eigenvalue weighted by Crippen LogP contribution is -2.32. The molecule has 1 heterocycles. The van der Waals surface area contributed by atoms with Crippen LogP contribution in [0.3, 0.4) is 0 Å². The van der Waals surface area contributed by atoms with E-state index in [-0.39, 0.29) is 11.8 Å². The van der Waals surface area contributed by atoms with Crippen LogP contribution in [-0.4, -0.2) is 37.6 Å². The van der Waals surface area contributed by atoms with Gasteiger partial charge < -0.3 is 4.90 Å². The van der Waals surface area contributed by atoms with E-state index in [4.69, 9.17) is 0 Å². The third kappa shape index (κ3) is 2.39. The smallest absolute Gasteiger partial charge is 0.225 e. The standard InChI is InChI=1S/C14H17NO3S/c16-14(11-6-7-11)15-9-8-13(10-15)19(17,18)12-4-2-1-3-5-12/h1-5,11,13H,6-10H2/t13-/m0/s1. The lowest BCUT2D eigenvalue weighted by Gasteiger charge is -2.16. The Balaban J connectivity index is 1.75. The summed E-state index contributed by atoms with van der Waals surface area (Å²) in [6.45, 7) is 0.929. The molecular formula is C14H17NO3S. The first-order valence-electron chi connectivity index (χ1n) is 6.67. The summed E-state index contributed by atoms with van der Waals surface area (Å²) >= 11 is 0. The number of rotatable bonds is 3. The van der Waals surface area contributed by atoms with Crippen LogP contribution in [0.15, 0.2) is 35.2 Å². The molecule has 0 N–H and O–H groups in total. The van der Waals surface area contributed by atoms with E-state index in [1.54, 1.807) is 35.2 Å². The minimum absolute atomic E-state index is 0.144. The number of nitrogens with zero attached hydrogens (tertiary/aromatic N) is 1. The first-order valence-corrected chi connectivity index (χ1v) is 8.21. The van der Waals surface area contributed by atoms with E-state index in [0.29, 0.717) is 24.4 Å². The molecule has 4 nitrogen and oxygen atoms in total. The lowest BCUT2D eigenvalue weighted by molar-refractivity contribution is -0.131. The van der Waals surface area contributed by atoms with Crippen LogP contribution in [-0.2, 0) is 14.6 Å². The van der Waals surface area contributed by atoms with E-state index in [2.05, 4.69) is 0 Å². The SMILES string of the molecule is O=C(C1CC1)N1CC[C@H](S(=O)(=O)c2ccccc2)C1. The Morgan fingerprint density at radius 3 is 2.42 bits per heavy atom. The minimum atomic E-state index is -3.30. The average Bonchev–Trinajstić information content (AvgIpc) is 3.15. The van der Waals surface area contributed by atoms with Gasteiger partial charge in [-0.05, 0) is 31.4 Å². The zero-order valence-electron chi connectivity index (χ0n) is 10.7. The van der Waals surface area contributed by atoms with Crippen LogP contribution in [0.1, 0.15) is 19.3 Å². The zero-order valence-corrected chi connectivity index (χ0v) is 11.5. The van der Waals surface area contributed by atoms with Crippen molar-refractivity contribution in [1.29, 1.82) is 0 Å². The van der Waals surface area contributed by atoms with Crippen molar-refractivity contribution in [2.24, 2.45) is 5.92 Å². The molecular weight excluding hydrogens is 262 g/mol. The molecule has 0 unspecified atom stereocenters. The van der Waals surface area contributed by atoms with Crippen molar-refractivity contribution in [2.45, 2.75) is 29.4 Å². The Bertz CT molecular complexity index is 578. The summed E-state index contributed by atoms with van der Waals surface area (Å²) in [5, 5.41) is -0.447. The summed E-state index contributed by atoms with van der Waals surface area (Å²) in [5.74, 6) is 0.309. The predicted octanol–water partition coefficient (Wildman–Crippen LogP) is 1.47. The van der Waals surface area contributed by atoms with Crippen molar-refractivity contribution < 1.29 is 13.2 Å². The molecule has 2 aliphatic rings. The third-order valence-corrected chi connectivity index (χ3v) is 6.09. The fourth-order valence-corrected chi connectivity index (χ4v) is 4.29. The van der Waals surface area contributed by atoms with Gasteiger partial charge in [-0.25, -0.2) is 8.42 Å². The second-order valence-corrected chi connectivity index (χ2v) is 7.56. The predicted molar refractivity (Wildman–Crippen MR) is 71.3 cm³/mol. The van der Waals surface area contributed by atoms with Crippen molar-refractivity contribution in [3.63, 3.8) is 0 Å². The van der Waals surface area contributed by atoms with Crippen molar-refractivity contribution >= 4 is 15.7 Å². The highest BCUT2D eigenvalue weighted by atomic mass is 32.2. The molecule has 0 radical (unpaired) electrons. The topological polar surface area (TPSA) is 54.5 Å². The Kier molecular flexibility index (Phi) is 3.09. The van der Waals surface area contributed by atoms with Crippen molar-refractivity contribution in [2.75, 3.05) is 13.1 Å². The van der Waals surface area contributed by atoms with Crippen LogP contribution < -0.4 is 0 Å². The van der Waals surface area contributed by atoms with Crippen LogP contribution in [0.2, 0.25) is 0 Å². The van der Waals surface area contributed by atoms with E-state index >= 15 is 0 Å². The van der Waals surface area contributed by atoms with Crippen molar-refractivity contribution in [3.05, 3.63) is 30.3 Å². The molecule has 1 saturated heterocycles. The Hall–Kier alpha value is -1.36. The van der Waals surface area contributed by atoms with Crippen LogP contribution in [0.5, 0.6) is 0 Å². The van der Waals surface area contributed by atoms with Crippen LogP contribution in [0.4, 0.5) is 0 Å². The number of sulfone groups is 1. The van der Waals surface area contributed by atoms with Gasteiger partial charge in [-0.1, -0.05) is 18.2 Å². The Morgan fingerprint density at radius 1 is 1.11 bits per heavy atom. The maximum absolute atomic E-state index is 12.5. The molecule has 5 heteroatoms. The van der Waals surface area contributed by atoms with Gasteiger partial charge in [0.1, 0.15) is 0 Å². The molecule has 1 amide bonds. The molecule has 0 spiro atoms. The average molecular weight is 279 g/mol. The van der Waals surface area contributed by atoms with Gasteiger partial charge in [0.25, 0.3) is 0 Å². The zero-order chi connectivity index (χ0) is 13.5. The number of hydrogen-bond acceptors (Lipinski definition) is 3. The summed E-state index contributed by atoms with van der Waals surface area (Å²) in [6.07, 6.45) is 2.48. The molecule has 102 valence electrons. The maximum Gasteiger partial charge on any atom is 0.225 e. The van der Waals surface area contributed by atoms with Gasteiger partial charge in [-0.3, -0.25) is 4.79 Å². The second kappa shape index (κ2) is 4.63. The number of benzene rings is 1. The fraction of sp³-hybridized carbons (Fsp3) is 0.500. The monoisotopic (exact) mass is 279 g/mol. The van der Waals surface area contributed by atoms with E-state index in [0.717, 1.165) is 12.8 Å². The first-order chi connectivity index (χ1) is 9.09. The molecule has 1 saturated carbocycles. The summed E-state index contributed by atoms with van der Waals surface area (Å²) in [7, 11) is -3.30. The van der Waals surface area contributed by atoms with E-state index < -0.39 is 15.1 Å². The number of hydrogen-bond donors (Lipinski definition) is 0. The number of carbonyl (C=O) groups is 1. The first kappa shape index (κ1) is 12.7. The van der Waals surface area contributed by atoms with Crippen LogP contribution in [0.25, 0.3) is 0 Å². The van der Waals surface area contributed by atoms with E-state index in [1.807, 2.05) is 0 Å². The van der Waals surface area contributed by atoms with Gasteiger partial charge >= 0.3 is 0 Å². The number of likely N-dealkylation sites (tertiary alicyclic amines) is 1. The second-order valence-electron chi connectivity index (χ2n) is 5.33. The summed E-state index contributed by atoms with van der Waals surface area (Å²) in [6, 6.07) is 8.52.